The van der Waals surface area contributed by atoms with Crippen LogP contribution >= 0.6 is 23.3 Å². The van der Waals surface area contributed by atoms with E-state index in [-0.39, 0.29) is 17.5 Å². The van der Waals surface area contributed by atoms with Gasteiger partial charge in [0.15, 0.2) is 0 Å². The summed E-state index contributed by atoms with van der Waals surface area (Å²) in [6, 6.07) is 19.9. The first-order valence-electron chi connectivity index (χ1n) is 9.46. The number of hydrogen-bond acceptors (Lipinski definition) is 6. The molecule has 0 spiro atoms. The molecule has 0 unspecified atom stereocenters. The maximum atomic E-state index is 13.2. The van der Waals surface area contributed by atoms with Crippen LogP contribution in [-0.4, -0.2) is 26.0 Å². The molecule has 0 bridgehead atoms. The van der Waals surface area contributed by atoms with E-state index in [1.807, 2.05) is 42.5 Å². The summed E-state index contributed by atoms with van der Waals surface area (Å²) in [5, 5.41) is 5.76. The number of amides is 1. The average molecular weight is 447 g/mol. The van der Waals surface area contributed by atoms with Gasteiger partial charge in [-0.1, -0.05) is 48.2 Å². The van der Waals surface area contributed by atoms with Crippen molar-refractivity contribution in [1.29, 1.82) is 0 Å². The third-order valence-corrected chi connectivity index (χ3v) is 6.71. The molecule has 1 amide bonds. The minimum atomic E-state index is -0.300. The van der Waals surface area contributed by atoms with E-state index in [0.29, 0.717) is 16.2 Å². The van der Waals surface area contributed by atoms with Gasteiger partial charge in [-0.15, -0.1) is 0 Å². The molecule has 2 heterocycles. The van der Waals surface area contributed by atoms with Crippen molar-refractivity contribution in [2.75, 3.05) is 11.1 Å². The number of nitrogens with one attached hydrogen (secondary N) is 1. The van der Waals surface area contributed by atoms with Gasteiger partial charge < -0.3 is 5.32 Å². The minimum absolute atomic E-state index is 0.114. The van der Waals surface area contributed by atoms with Crippen LogP contribution < -0.4 is 5.32 Å². The SMILES string of the molecule is O=C(CSc1ncnc2c(-c3ccc(F)cc3)nsc12)Nc1cccc2ccccc12. The van der Waals surface area contributed by atoms with Crippen molar-refractivity contribution in [2.45, 2.75) is 5.03 Å². The molecule has 0 aliphatic heterocycles. The van der Waals surface area contributed by atoms with Gasteiger partial charge in [-0.2, -0.15) is 4.37 Å². The summed E-state index contributed by atoms with van der Waals surface area (Å²) >= 11 is 2.62. The van der Waals surface area contributed by atoms with Crippen LogP contribution in [0.15, 0.2) is 78.1 Å². The van der Waals surface area contributed by atoms with E-state index in [9.17, 15) is 9.18 Å². The molecule has 0 fully saturated rings. The van der Waals surface area contributed by atoms with E-state index in [2.05, 4.69) is 19.7 Å². The molecular formula is C23H15FN4OS2. The molecule has 0 atom stereocenters. The first-order valence-corrected chi connectivity index (χ1v) is 11.2. The molecule has 2 aromatic heterocycles. The summed E-state index contributed by atoms with van der Waals surface area (Å²) in [5.41, 5.74) is 2.96. The van der Waals surface area contributed by atoms with Gasteiger partial charge in [0.1, 0.15) is 33.1 Å². The molecule has 5 rings (SSSR count). The topological polar surface area (TPSA) is 67.8 Å². The minimum Gasteiger partial charge on any atom is -0.325 e. The van der Waals surface area contributed by atoms with Gasteiger partial charge in [0.2, 0.25) is 5.91 Å². The number of anilines is 1. The number of thioether (sulfide) groups is 1. The highest BCUT2D eigenvalue weighted by Crippen LogP contribution is 2.34. The Bertz CT molecular complexity index is 1400. The van der Waals surface area contributed by atoms with Crippen molar-refractivity contribution in [3.05, 3.63) is 78.9 Å². The van der Waals surface area contributed by atoms with Gasteiger partial charge in [-0.05, 0) is 47.3 Å². The predicted molar refractivity (Wildman–Crippen MR) is 124 cm³/mol. The van der Waals surface area contributed by atoms with Crippen molar-refractivity contribution < 1.29 is 9.18 Å². The second kappa shape index (κ2) is 8.41. The van der Waals surface area contributed by atoms with Crippen LogP contribution in [0.4, 0.5) is 10.1 Å². The van der Waals surface area contributed by atoms with Crippen molar-refractivity contribution in [2.24, 2.45) is 0 Å². The van der Waals surface area contributed by atoms with E-state index in [0.717, 1.165) is 26.7 Å². The molecule has 3 aromatic carbocycles. The number of carbonyl (C=O) groups is 1. The molecule has 0 radical (unpaired) electrons. The molecular weight excluding hydrogens is 431 g/mol. The lowest BCUT2D eigenvalue weighted by molar-refractivity contribution is -0.113. The van der Waals surface area contributed by atoms with E-state index < -0.39 is 0 Å². The highest BCUT2D eigenvalue weighted by Gasteiger charge is 2.16. The highest BCUT2D eigenvalue weighted by atomic mass is 32.2. The summed E-state index contributed by atoms with van der Waals surface area (Å²) in [7, 11) is 0. The fourth-order valence-electron chi connectivity index (χ4n) is 3.30. The standard InChI is InChI=1S/C23H15FN4OS2/c24-16-10-8-15(9-11-16)20-21-22(31-28-20)23(26-13-25-21)30-12-19(29)27-18-7-3-5-14-4-1-2-6-17(14)18/h1-11,13H,12H2,(H,27,29). The fraction of sp³-hybridized carbons (Fsp3) is 0.0435. The van der Waals surface area contributed by atoms with Crippen molar-refractivity contribution in [3.63, 3.8) is 0 Å². The Kier molecular flexibility index (Phi) is 5.31. The van der Waals surface area contributed by atoms with Crippen molar-refractivity contribution >= 4 is 55.9 Å². The van der Waals surface area contributed by atoms with Crippen LogP contribution in [0.2, 0.25) is 0 Å². The summed E-state index contributed by atoms with van der Waals surface area (Å²) in [5.74, 6) is -0.207. The number of carbonyl (C=O) groups excluding carboxylic acids is 1. The monoisotopic (exact) mass is 446 g/mol. The van der Waals surface area contributed by atoms with Crippen LogP contribution in [0.5, 0.6) is 0 Å². The van der Waals surface area contributed by atoms with Crippen LogP contribution in [0.1, 0.15) is 0 Å². The fourth-order valence-corrected chi connectivity index (χ4v) is 5.02. The number of rotatable bonds is 5. The van der Waals surface area contributed by atoms with Crippen LogP contribution in [-0.2, 0) is 4.79 Å². The summed E-state index contributed by atoms with van der Waals surface area (Å²) in [4.78, 5) is 21.3. The number of nitrogens with zero attached hydrogens (tertiary/aromatic N) is 3. The zero-order chi connectivity index (χ0) is 21.2. The first kappa shape index (κ1) is 19.6. The lowest BCUT2D eigenvalue weighted by atomic mass is 10.1. The molecule has 8 heteroatoms. The molecule has 152 valence electrons. The van der Waals surface area contributed by atoms with Crippen LogP contribution in [0.3, 0.4) is 0 Å². The smallest absolute Gasteiger partial charge is 0.234 e. The van der Waals surface area contributed by atoms with Crippen molar-refractivity contribution in [3.8, 4) is 11.3 Å². The Morgan fingerprint density at radius 2 is 1.81 bits per heavy atom. The zero-order valence-corrected chi connectivity index (χ0v) is 17.7. The second-order valence-corrected chi connectivity index (χ2v) is 8.50. The highest BCUT2D eigenvalue weighted by molar-refractivity contribution is 8.00. The molecule has 0 saturated carbocycles. The van der Waals surface area contributed by atoms with Gasteiger partial charge in [0.25, 0.3) is 0 Å². The van der Waals surface area contributed by atoms with E-state index in [1.54, 1.807) is 12.1 Å². The second-order valence-electron chi connectivity index (χ2n) is 6.76. The maximum absolute atomic E-state index is 13.2. The number of halogens is 1. The molecule has 0 saturated heterocycles. The lowest BCUT2D eigenvalue weighted by Gasteiger charge is -2.08. The van der Waals surface area contributed by atoms with Gasteiger partial charge in [0, 0.05) is 16.6 Å². The lowest BCUT2D eigenvalue weighted by Crippen LogP contribution is -2.14. The third-order valence-electron chi connectivity index (χ3n) is 4.75. The number of aromatic nitrogens is 3. The largest absolute Gasteiger partial charge is 0.325 e. The number of fused-ring (bicyclic) bond motifs is 2. The Labute approximate surface area is 185 Å². The number of benzene rings is 3. The maximum Gasteiger partial charge on any atom is 0.234 e. The van der Waals surface area contributed by atoms with E-state index in [4.69, 9.17) is 0 Å². The Hall–Kier alpha value is -3.36. The van der Waals surface area contributed by atoms with E-state index >= 15 is 0 Å². The molecule has 0 aliphatic rings. The molecule has 31 heavy (non-hydrogen) atoms. The van der Waals surface area contributed by atoms with Crippen molar-refractivity contribution in [1.82, 2.24) is 14.3 Å². The zero-order valence-electron chi connectivity index (χ0n) is 16.1. The Morgan fingerprint density at radius 1 is 1.00 bits per heavy atom. The molecule has 5 aromatic rings. The Morgan fingerprint density at radius 3 is 2.68 bits per heavy atom. The summed E-state index contributed by atoms with van der Waals surface area (Å²) in [6.45, 7) is 0. The summed E-state index contributed by atoms with van der Waals surface area (Å²) < 4.78 is 18.5. The van der Waals surface area contributed by atoms with Gasteiger partial charge in [-0.25, -0.2) is 14.4 Å². The first-order chi connectivity index (χ1) is 15.2. The third kappa shape index (κ3) is 3.99. The van der Waals surface area contributed by atoms with Crippen LogP contribution in [0, 0.1) is 5.82 Å². The Balaban J connectivity index is 1.35. The van der Waals surface area contributed by atoms with E-state index in [1.165, 1.54) is 41.8 Å². The van der Waals surface area contributed by atoms with Gasteiger partial charge in [-0.3, -0.25) is 4.79 Å². The van der Waals surface area contributed by atoms with Gasteiger partial charge >= 0.3 is 0 Å². The predicted octanol–water partition coefficient (Wildman–Crippen LogP) is 5.78. The van der Waals surface area contributed by atoms with Crippen LogP contribution in [0.25, 0.3) is 32.2 Å². The molecule has 5 nitrogen and oxygen atoms in total. The van der Waals surface area contributed by atoms with Gasteiger partial charge in [0.05, 0.1) is 5.75 Å². The normalized spacial score (nSPS) is 11.1. The number of hydrogen-bond donors (Lipinski definition) is 1. The molecule has 1 N–H and O–H groups in total. The molecule has 0 aliphatic carbocycles. The quantitative estimate of drug-likeness (QED) is 0.274. The summed E-state index contributed by atoms with van der Waals surface area (Å²) in [6.07, 6.45) is 1.47. The average Bonchev–Trinajstić information content (AvgIpc) is 3.23.